The zero-order valence-electron chi connectivity index (χ0n) is 39.6. The largest absolute Gasteiger partial charge is 0.466 e. The molecule has 0 saturated carbocycles. The van der Waals surface area contributed by atoms with Crippen LogP contribution in [0.25, 0.3) is 0 Å². The maximum absolute atomic E-state index is 12.8. The molecule has 6 heteroatoms. The van der Waals surface area contributed by atoms with Gasteiger partial charge < -0.3 is 14.2 Å². The first-order chi connectivity index (χ1) is 31.0. The lowest BCUT2D eigenvalue weighted by Crippen LogP contribution is -2.26. The van der Waals surface area contributed by atoms with Crippen LogP contribution >= 0.6 is 0 Å². The second-order valence-corrected chi connectivity index (χ2v) is 15.3. The molecule has 0 amide bonds. The topological polar surface area (TPSA) is 78.9 Å². The Hall–Kier alpha value is -4.71. The van der Waals surface area contributed by atoms with Crippen molar-refractivity contribution in [3.8, 4) is 0 Å². The fraction of sp³-hybridized carbons (Fsp3) is 0.526. The third-order valence-corrected chi connectivity index (χ3v) is 9.45. The summed E-state index contributed by atoms with van der Waals surface area (Å²) in [5.74, 6) is -0.799. The number of rotatable bonds is 42. The van der Waals surface area contributed by atoms with E-state index >= 15 is 0 Å². The molecule has 6 nitrogen and oxygen atoms in total. The van der Waals surface area contributed by atoms with Gasteiger partial charge in [-0.15, -0.1) is 6.58 Å². The van der Waals surface area contributed by atoms with Gasteiger partial charge in [0.15, 0.2) is 0 Å². The second kappa shape index (κ2) is 49.9. The van der Waals surface area contributed by atoms with Crippen molar-refractivity contribution < 1.29 is 28.6 Å². The van der Waals surface area contributed by atoms with E-state index in [1.807, 2.05) is 6.08 Å². The highest BCUT2D eigenvalue weighted by atomic mass is 16.6. The minimum atomic E-state index is -0.575. The lowest BCUT2D eigenvalue weighted by Gasteiger charge is -2.18. The molecule has 0 unspecified atom stereocenters. The summed E-state index contributed by atoms with van der Waals surface area (Å²) in [7, 11) is 0. The van der Waals surface area contributed by atoms with Crippen molar-refractivity contribution >= 4 is 17.9 Å². The quantitative estimate of drug-likeness (QED) is 0.0263. The average Bonchev–Trinajstić information content (AvgIpc) is 3.28. The van der Waals surface area contributed by atoms with Gasteiger partial charge in [0.25, 0.3) is 0 Å². The maximum atomic E-state index is 12.8. The van der Waals surface area contributed by atoms with Crippen molar-refractivity contribution in [1.82, 2.24) is 0 Å². The molecule has 0 N–H and O–H groups in total. The molecule has 0 aromatic heterocycles. The van der Waals surface area contributed by atoms with Crippen molar-refractivity contribution in [2.45, 2.75) is 180 Å². The molecule has 0 aliphatic rings. The molecule has 0 bridgehead atoms. The highest BCUT2D eigenvalue weighted by molar-refractivity contribution is 5.70. The Balaban J connectivity index is 4.59. The van der Waals surface area contributed by atoms with Gasteiger partial charge in [0.05, 0.1) is 6.61 Å². The lowest BCUT2D eigenvalue weighted by atomic mass is 10.1. The van der Waals surface area contributed by atoms with Crippen molar-refractivity contribution in [3.05, 3.63) is 146 Å². The summed E-state index contributed by atoms with van der Waals surface area (Å²) in [6.45, 7) is 8.24. The maximum Gasteiger partial charge on any atom is 0.306 e. The molecule has 0 aromatic rings. The number of allylic oxidation sites excluding steroid dienone is 23. The number of hydrogen-bond acceptors (Lipinski definition) is 6. The molecule has 0 radical (unpaired) electrons. The van der Waals surface area contributed by atoms with Gasteiger partial charge in [-0.1, -0.05) is 154 Å². The van der Waals surface area contributed by atoms with Crippen LogP contribution in [-0.4, -0.2) is 37.2 Å². The van der Waals surface area contributed by atoms with E-state index < -0.39 is 6.10 Å². The van der Waals surface area contributed by atoms with E-state index in [0.717, 1.165) is 128 Å². The van der Waals surface area contributed by atoms with Gasteiger partial charge in [0.1, 0.15) is 12.7 Å². The standard InChI is InChI=1S/C57H86O6/c1-4-7-10-13-16-19-22-25-27-30-33-36-39-42-45-50-56(59)62-53-54(63-57(60)51-46-43-40-37-34-31-28-26-23-20-17-14-11-8-5-2)48-47-52-61-55(58)49-44-41-38-35-32-29-24-21-18-15-12-9-6-3/h6-8,10-12,15-17,19-21,24-28,32-37,54H,3-5,9,13-14,18,22-23,29-31,38-53H2,1-2H3/b10-7-,11-8-,15-12-,19-16-,20-17-,24-21-,27-25-,28-26-,35-32-,36-33-,37-34-/t54-/m1/s1. The smallest absolute Gasteiger partial charge is 0.306 e. The van der Waals surface area contributed by atoms with Crippen LogP contribution in [-0.2, 0) is 28.6 Å². The lowest BCUT2D eigenvalue weighted by molar-refractivity contribution is -0.160. The Kier molecular flexibility index (Phi) is 46.2. The number of carbonyl (C=O) groups is 3. The molecule has 350 valence electrons. The molecule has 63 heavy (non-hydrogen) atoms. The number of esters is 3. The van der Waals surface area contributed by atoms with Gasteiger partial charge in [-0.3, -0.25) is 14.4 Å². The first-order valence-electron chi connectivity index (χ1n) is 24.3. The number of hydrogen-bond donors (Lipinski definition) is 0. The van der Waals surface area contributed by atoms with Gasteiger partial charge >= 0.3 is 17.9 Å². The molecule has 0 fully saturated rings. The van der Waals surface area contributed by atoms with Crippen LogP contribution in [0.1, 0.15) is 174 Å². The zero-order valence-corrected chi connectivity index (χ0v) is 39.6. The summed E-state index contributed by atoms with van der Waals surface area (Å²) < 4.78 is 16.8. The van der Waals surface area contributed by atoms with Crippen molar-refractivity contribution in [2.75, 3.05) is 13.2 Å². The Morgan fingerprint density at radius 1 is 0.397 bits per heavy atom. The summed E-state index contributed by atoms with van der Waals surface area (Å²) >= 11 is 0. The predicted molar refractivity (Wildman–Crippen MR) is 269 cm³/mol. The normalized spacial score (nSPS) is 13.2. The highest BCUT2D eigenvalue weighted by Crippen LogP contribution is 2.12. The van der Waals surface area contributed by atoms with Gasteiger partial charge in [0, 0.05) is 19.3 Å². The third-order valence-electron chi connectivity index (χ3n) is 9.45. The fourth-order valence-electron chi connectivity index (χ4n) is 5.89. The Morgan fingerprint density at radius 3 is 1.11 bits per heavy atom. The SMILES string of the molecule is C=CC/C=C\C/C=C\C/C=C\CCCCC(=O)OCCC[C@H](COC(=O)CCCC/C=C\C/C=C\C/C=C\C/C=C\CC)OC(=O)CCCC/C=C\C/C=C\C/C=C\C/C=C\CC. The van der Waals surface area contributed by atoms with E-state index in [0.29, 0.717) is 32.1 Å². The van der Waals surface area contributed by atoms with Gasteiger partial charge in [-0.2, -0.15) is 0 Å². The minimum absolute atomic E-state index is 0.00737. The van der Waals surface area contributed by atoms with Crippen LogP contribution in [0.3, 0.4) is 0 Å². The van der Waals surface area contributed by atoms with E-state index in [1.54, 1.807) is 0 Å². The summed E-state index contributed by atoms with van der Waals surface area (Å²) in [6, 6.07) is 0. The van der Waals surface area contributed by atoms with Crippen LogP contribution in [0.2, 0.25) is 0 Å². The Morgan fingerprint density at radius 2 is 0.730 bits per heavy atom. The number of ether oxygens (including phenoxy) is 3. The first kappa shape index (κ1) is 58.3. The summed E-state index contributed by atoms with van der Waals surface area (Å²) in [6.07, 6.45) is 69.4. The molecule has 0 heterocycles. The Bertz CT molecular complexity index is 1450. The molecule has 0 saturated heterocycles. The second-order valence-electron chi connectivity index (χ2n) is 15.3. The van der Waals surface area contributed by atoms with Crippen LogP contribution in [0.5, 0.6) is 0 Å². The highest BCUT2D eigenvalue weighted by Gasteiger charge is 2.17. The summed E-state index contributed by atoms with van der Waals surface area (Å²) in [5, 5.41) is 0. The van der Waals surface area contributed by atoms with E-state index in [4.69, 9.17) is 14.2 Å². The van der Waals surface area contributed by atoms with Crippen LogP contribution in [0.4, 0.5) is 0 Å². The molecule has 0 spiro atoms. The fourth-order valence-corrected chi connectivity index (χ4v) is 5.89. The first-order valence-corrected chi connectivity index (χ1v) is 24.3. The van der Waals surface area contributed by atoms with E-state index in [1.165, 1.54) is 0 Å². The number of unbranched alkanes of at least 4 members (excludes halogenated alkanes) is 6. The summed E-state index contributed by atoms with van der Waals surface area (Å²) in [4.78, 5) is 37.7. The molecular weight excluding hydrogens is 781 g/mol. The van der Waals surface area contributed by atoms with Crippen LogP contribution < -0.4 is 0 Å². The predicted octanol–water partition coefficient (Wildman–Crippen LogP) is 16.1. The molecular formula is C57H86O6. The van der Waals surface area contributed by atoms with E-state index in [9.17, 15) is 14.4 Å². The van der Waals surface area contributed by atoms with Crippen LogP contribution in [0.15, 0.2) is 146 Å². The average molecular weight is 867 g/mol. The van der Waals surface area contributed by atoms with Crippen molar-refractivity contribution in [3.63, 3.8) is 0 Å². The van der Waals surface area contributed by atoms with Gasteiger partial charge in [0.2, 0.25) is 0 Å². The van der Waals surface area contributed by atoms with Crippen molar-refractivity contribution in [2.24, 2.45) is 0 Å². The van der Waals surface area contributed by atoms with Gasteiger partial charge in [-0.25, -0.2) is 0 Å². The monoisotopic (exact) mass is 867 g/mol. The Labute approximate surface area is 385 Å². The number of carbonyl (C=O) groups excluding carboxylic acids is 3. The van der Waals surface area contributed by atoms with Gasteiger partial charge in [-0.05, 0) is 141 Å². The van der Waals surface area contributed by atoms with Crippen LogP contribution in [0, 0.1) is 0 Å². The molecule has 0 aliphatic heterocycles. The molecule has 0 rings (SSSR count). The van der Waals surface area contributed by atoms with E-state index in [-0.39, 0.29) is 31.1 Å². The molecule has 1 atom stereocenters. The molecule has 0 aliphatic carbocycles. The van der Waals surface area contributed by atoms with E-state index in [2.05, 4.69) is 154 Å². The van der Waals surface area contributed by atoms with Crippen molar-refractivity contribution in [1.29, 1.82) is 0 Å². The minimum Gasteiger partial charge on any atom is -0.466 e. The zero-order chi connectivity index (χ0) is 45.8. The molecule has 0 aromatic carbocycles. The third kappa shape index (κ3) is 48.2. The summed E-state index contributed by atoms with van der Waals surface area (Å²) in [5.41, 5.74) is 0.